The second-order valence-electron chi connectivity index (χ2n) is 8.89. The summed E-state index contributed by atoms with van der Waals surface area (Å²) in [6, 6.07) is 7.38. The lowest BCUT2D eigenvalue weighted by atomic mass is 9.95. The quantitative estimate of drug-likeness (QED) is 0.134. The average molecular weight is 474 g/mol. The average Bonchev–Trinajstić information content (AvgIpc) is 2.81. The monoisotopic (exact) mass is 473 g/mol. The van der Waals surface area contributed by atoms with Crippen molar-refractivity contribution in [3.8, 4) is 0 Å². The Bertz CT molecular complexity index is 821. The maximum absolute atomic E-state index is 13.1. The Morgan fingerprint density at radius 2 is 1.62 bits per heavy atom. The summed E-state index contributed by atoms with van der Waals surface area (Å²) < 4.78 is 0. The minimum Gasteiger partial charge on any atom is -0.370 e. The van der Waals surface area contributed by atoms with Crippen molar-refractivity contribution in [2.24, 2.45) is 22.2 Å². The molecule has 0 saturated heterocycles. The molecule has 0 aromatic heterocycles. The van der Waals surface area contributed by atoms with Gasteiger partial charge in [-0.05, 0) is 38.2 Å². The van der Waals surface area contributed by atoms with E-state index in [4.69, 9.17) is 17.2 Å². The Morgan fingerprint density at radius 3 is 2.24 bits per heavy atom. The van der Waals surface area contributed by atoms with Gasteiger partial charge < -0.3 is 33.2 Å². The first-order valence-corrected chi connectivity index (χ1v) is 12.0. The van der Waals surface area contributed by atoms with E-state index in [0.29, 0.717) is 25.4 Å². The van der Waals surface area contributed by atoms with Crippen LogP contribution in [0.5, 0.6) is 0 Å². The zero-order valence-corrected chi connectivity index (χ0v) is 20.0. The predicted molar refractivity (Wildman–Crippen MR) is 133 cm³/mol. The van der Waals surface area contributed by atoms with E-state index in [0.717, 1.165) is 31.2 Å². The highest BCUT2D eigenvalue weighted by atomic mass is 16.2. The molecule has 9 N–H and O–H groups in total. The molecular weight excluding hydrogens is 434 g/mol. The van der Waals surface area contributed by atoms with Gasteiger partial charge in [-0.2, -0.15) is 0 Å². The zero-order chi connectivity index (χ0) is 24.9. The number of nitrogens with two attached hydrogens (primary N) is 3. The number of amides is 3. The van der Waals surface area contributed by atoms with E-state index in [-0.39, 0.29) is 18.3 Å². The van der Waals surface area contributed by atoms with Crippen molar-refractivity contribution < 1.29 is 14.4 Å². The molecule has 0 heterocycles. The molecule has 0 aliphatic heterocycles. The van der Waals surface area contributed by atoms with Crippen LogP contribution in [0.2, 0.25) is 0 Å². The fourth-order valence-electron chi connectivity index (χ4n) is 4.11. The SMILES string of the molecule is C[C@H](NC1CCCCC1)C(=O)N[C@@H](CCCN=C(N)N)C(=O)N[C@@H](Cc1ccccc1)C(N)=O. The van der Waals surface area contributed by atoms with E-state index < -0.39 is 29.9 Å². The van der Waals surface area contributed by atoms with Gasteiger partial charge in [0.25, 0.3) is 0 Å². The minimum atomic E-state index is -0.898. The van der Waals surface area contributed by atoms with Gasteiger partial charge in [-0.1, -0.05) is 49.6 Å². The fourth-order valence-corrected chi connectivity index (χ4v) is 4.11. The predicted octanol–water partition coefficient (Wildman–Crippen LogP) is 0.0484. The van der Waals surface area contributed by atoms with E-state index in [1.54, 1.807) is 6.92 Å². The van der Waals surface area contributed by atoms with Crippen LogP contribution >= 0.6 is 0 Å². The van der Waals surface area contributed by atoms with Gasteiger partial charge in [0.15, 0.2) is 5.96 Å². The van der Waals surface area contributed by atoms with Crippen molar-refractivity contribution in [3.05, 3.63) is 35.9 Å². The molecule has 1 aliphatic carbocycles. The summed E-state index contributed by atoms with van der Waals surface area (Å²) in [5.41, 5.74) is 17.2. The number of nitrogens with zero attached hydrogens (tertiary/aromatic N) is 1. The summed E-state index contributed by atoms with van der Waals surface area (Å²) in [5, 5.41) is 8.90. The number of carbonyl (C=O) groups is 3. The molecule has 2 rings (SSSR count). The Balaban J connectivity index is 2.02. The van der Waals surface area contributed by atoms with E-state index in [2.05, 4.69) is 20.9 Å². The van der Waals surface area contributed by atoms with Crippen molar-refractivity contribution in [2.75, 3.05) is 6.54 Å². The van der Waals surface area contributed by atoms with Crippen LogP contribution in [0.4, 0.5) is 0 Å². The van der Waals surface area contributed by atoms with Crippen LogP contribution in [-0.4, -0.2) is 54.4 Å². The molecule has 10 heteroatoms. The Hall–Kier alpha value is -3.14. The summed E-state index contributed by atoms with van der Waals surface area (Å²) in [4.78, 5) is 41.9. The van der Waals surface area contributed by atoms with Gasteiger partial charge in [0.1, 0.15) is 12.1 Å². The first-order valence-electron chi connectivity index (χ1n) is 12.0. The lowest BCUT2D eigenvalue weighted by Gasteiger charge is -2.28. The highest BCUT2D eigenvalue weighted by molar-refractivity contribution is 5.92. The molecule has 0 unspecified atom stereocenters. The lowest BCUT2D eigenvalue weighted by Crippen LogP contribution is -2.56. The zero-order valence-electron chi connectivity index (χ0n) is 20.0. The standard InChI is InChI=1S/C24H39N7O3/c1-16(29-18-11-6-3-7-12-18)22(33)30-19(13-8-14-28-24(26)27)23(34)31-20(21(25)32)15-17-9-4-2-5-10-17/h2,4-5,9-10,16,18-20,29H,3,6-8,11-15H2,1H3,(H2,25,32)(H,30,33)(H,31,34)(H4,26,27,28)/t16-,19-,20-/m0/s1. The number of aliphatic imine (C=N–C) groups is 1. The van der Waals surface area contributed by atoms with Crippen molar-refractivity contribution >= 4 is 23.7 Å². The highest BCUT2D eigenvalue weighted by Crippen LogP contribution is 2.17. The topological polar surface area (TPSA) is 178 Å². The second kappa shape index (κ2) is 14.2. The third kappa shape index (κ3) is 9.78. The third-order valence-electron chi connectivity index (χ3n) is 6.01. The number of rotatable bonds is 13. The largest absolute Gasteiger partial charge is 0.370 e. The number of hydrogen-bond acceptors (Lipinski definition) is 5. The van der Waals surface area contributed by atoms with Crippen LogP contribution in [-0.2, 0) is 20.8 Å². The minimum absolute atomic E-state index is 0.0352. The first-order chi connectivity index (χ1) is 16.3. The van der Waals surface area contributed by atoms with E-state index in [1.807, 2.05) is 30.3 Å². The van der Waals surface area contributed by atoms with Gasteiger partial charge in [-0.25, -0.2) is 0 Å². The maximum Gasteiger partial charge on any atom is 0.243 e. The Morgan fingerprint density at radius 1 is 0.971 bits per heavy atom. The molecule has 188 valence electrons. The second-order valence-corrected chi connectivity index (χ2v) is 8.89. The van der Waals surface area contributed by atoms with Crippen LogP contribution in [0.25, 0.3) is 0 Å². The van der Waals surface area contributed by atoms with E-state index in [9.17, 15) is 14.4 Å². The Kier molecular flexibility index (Phi) is 11.3. The molecule has 0 radical (unpaired) electrons. The van der Waals surface area contributed by atoms with Crippen LogP contribution in [0, 0.1) is 0 Å². The van der Waals surface area contributed by atoms with Crippen molar-refractivity contribution in [1.29, 1.82) is 0 Å². The molecule has 0 bridgehead atoms. The molecule has 3 atom stereocenters. The third-order valence-corrected chi connectivity index (χ3v) is 6.01. The van der Waals surface area contributed by atoms with Gasteiger partial charge >= 0.3 is 0 Å². The van der Waals surface area contributed by atoms with Crippen LogP contribution in [0.15, 0.2) is 35.3 Å². The summed E-state index contributed by atoms with van der Waals surface area (Å²) >= 11 is 0. The lowest BCUT2D eigenvalue weighted by molar-refractivity contribution is -0.132. The van der Waals surface area contributed by atoms with Gasteiger partial charge in [0, 0.05) is 19.0 Å². The maximum atomic E-state index is 13.1. The Labute approximate surface area is 201 Å². The molecule has 1 saturated carbocycles. The number of hydrogen-bond donors (Lipinski definition) is 6. The van der Waals surface area contributed by atoms with Gasteiger partial charge in [-0.3, -0.25) is 19.4 Å². The van der Waals surface area contributed by atoms with Gasteiger partial charge in [0.2, 0.25) is 17.7 Å². The van der Waals surface area contributed by atoms with Crippen molar-refractivity contribution in [2.45, 2.75) is 82.5 Å². The van der Waals surface area contributed by atoms with E-state index in [1.165, 1.54) is 6.42 Å². The fraction of sp³-hybridized carbons (Fsp3) is 0.583. The van der Waals surface area contributed by atoms with Gasteiger partial charge in [0.05, 0.1) is 6.04 Å². The smallest absolute Gasteiger partial charge is 0.243 e. The molecule has 10 nitrogen and oxygen atoms in total. The number of benzene rings is 1. The molecule has 1 aromatic rings. The molecule has 0 spiro atoms. The van der Waals surface area contributed by atoms with Crippen LogP contribution < -0.4 is 33.2 Å². The summed E-state index contributed by atoms with van der Waals surface area (Å²) in [6.45, 7) is 2.11. The number of primary amides is 1. The van der Waals surface area contributed by atoms with Crippen molar-refractivity contribution in [3.63, 3.8) is 0 Å². The molecule has 34 heavy (non-hydrogen) atoms. The number of carbonyl (C=O) groups excluding carboxylic acids is 3. The molecule has 3 amide bonds. The van der Waals surface area contributed by atoms with Crippen LogP contribution in [0.3, 0.4) is 0 Å². The normalized spacial score (nSPS) is 16.6. The molecule has 1 fully saturated rings. The summed E-state index contributed by atoms with van der Waals surface area (Å²) in [6.07, 6.45) is 6.65. The number of nitrogens with one attached hydrogen (secondary N) is 3. The van der Waals surface area contributed by atoms with Gasteiger partial charge in [-0.15, -0.1) is 0 Å². The molecule has 1 aromatic carbocycles. The summed E-state index contributed by atoms with van der Waals surface area (Å²) in [7, 11) is 0. The van der Waals surface area contributed by atoms with E-state index >= 15 is 0 Å². The highest BCUT2D eigenvalue weighted by Gasteiger charge is 2.28. The molecule has 1 aliphatic rings. The van der Waals surface area contributed by atoms with Crippen LogP contribution in [0.1, 0.15) is 57.4 Å². The summed E-state index contributed by atoms with van der Waals surface area (Å²) in [5.74, 6) is -1.42. The first kappa shape index (κ1) is 27.1. The number of guanidine groups is 1. The van der Waals surface area contributed by atoms with Crippen molar-refractivity contribution in [1.82, 2.24) is 16.0 Å². The molecular formula is C24H39N7O3.